The Morgan fingerprint density at radius 3 is 2.15 bits per heavy atom. The molecule has 2 nitrogen and oxygen atoms in total. The molecule has 0 saturated heterocycles. The van der Waals surface area contributed by atoms with Gasteiger partial charge in [-0.3, -0.25) is 0 Å². The number of aromatic nitrogens is 2. The fourth-order valence-electron chi connectivity index (χ4n) is 4.61. The van der Waals surface area contributed by atoms with E-state index in [0.717, 1.165) is 22.5 Å². The van der Waals surface area contributed by atoms with Gasteiger partial charge in [0.15, 0.2) is 0 Å². The predicted molar refractivity (Wildman–Crippen MR) is 165 cm³/mol. The zero-order valence-corrected chi connectivity index (χ0v) is 25.4. The van der Waals surface area contributed by atoms with Gasteiger partial charge in [-0.2, -0.15) is 11.3 Å². The van der Waals surface area contributed by atoms with Gasteiger partial charge in [-0.15, -0.1) is 59.7 Å². The van der Waals surface area contributed by atoms with E-state index < -0.39 is 0 Å². The normalized spacial score (nSPS) is 10.6. The number of pyridine rings is 2. The molecule has 0 fully saturated rings. The molecule has 3 aromatic heterocycles. The topological polar surface area (TPSA) is 25.8 Å². The summed E-state index contributed by atoms with van der Waals surface area (Å²) in [6, 6.07) is 43.9. The molecule has 7 rings (SSSR count). The monoisotopic (exact) mass is 711 g/mol. The van der Waals surface area contributed by atoms with Crippen LogP contribution < -0.4 is 0 Å². The van der Waals surface area contributed by atoms with Gasteiger partial charge in [0.25, 0.3) is 0 Å². The fraction of sp³-hybridized carbons (Fsp3) is 0.0556. The van der Waals surface area contributed by atoms with E-state index in [9.17, 15) is 0 Å². The number of thiophene rings is 1. The first kappa shape index (κ1) is 27.6. The van der Waals surface area contributed by atoms with Crippen molar-refractivity contribution in [2.45, 2.75) is 13.8 Å². The summed E-state index contributed by atoms with van der Waals surface area (Å²) in [5.41, 5.74) is 8.84. The molecule has 4 aromatic carbocycles. The van der Waals surface area contributed by atoms with E-state index in [4.69, 9.17) is 0 Å². The van der Waals surface area contributed by atoms with E-state index in [1.54, 1.807) is 0 Å². The van der Waals surface area contributed by atoms with Gasteiger partial charge in [0.05, 0.1) is 0 Å². The number of benzene rings is 4. The average molecular weight is 711 g/mol. The maximum absolute atomic E-state index is 4.55. The van der Waals surface area contributed by atoms with Crippen molar-refractivity contribution in [3.8, 4) is 33.6 Å². The van der Waals surface area contributed by atoms with Crippen LogP contribution in [0.15, 0.2) is 122 Å². The zero-order valence-electron chi connectivity index (χ0n) is 22.2. The molecular formula is C36H26IrN2S-2. The summed E-state index contributed by atoms with van der Waals surface area (Å²) in [4.78, 5) is 9.04. The summed E-state index contributed by atoms with van der Waals surface area (Å²) in [6.45, 7) is 4.17. The van der Waals surface area contributed by atoms with Crippen LogP contribution in [0.3, 0.4) is 0 Å². The Morgan fingerprint density at radius 2 is 1.40 bits per heavy atom. The Balaban J connectivity index is 0.000000158. The van der Waals surface area contributed by atoms with E-state index in [0.29, 0.717) is 0 Å². The maximum atomic E-state index is 4.55. The Kier molecular flexibility index (Phi) is 8.62. The van der Waals surface area contributed by atoms with E-state index in [1.807, 2.05) is 66.2 Å². The zero-order chi connectivity index (χ0) is 26.6. The summed E-state index contributed by atoms with van der Waals surface area (Å²) < 4.78 is 2.62. The average Bonchev–Trinajstić information content (AvgIpc) is 3.37. The Morgan fingerprint density at radius 1 is 0.625 bits per heavy atom. The van der Waals surface area contributed by atoms with E-state index >= 15 is 0 Å². The quantitative estimate of drug-likeness (QED) is 0.171. The summed E-state index contributed by atoms with van der Waals surface area (Å²) >= 11 is 1.83. The van der Waals surface area contributed by atoms with Crippen molar-refractivity contribution in [2.75, 3.05) is 0 Å². The Bertz CT molecular complexity index is 1860. The number of rotatable bonds is 3. The van der Waals surface area contributed by atoms with Gasteiger partial charge in [0, 0.05) is 42.8 Å². The molecule has 0 bridgehead atoms. The molecule has 4 heteroatoms. The smallest absolute Gasteiger partial charge is 0.0246 e. The molecule has 0 unspecified atom stereocenters. The predicted octanol–water partition coefficient (Wildman–Crippen LogP) is 9.75. The minimum Gasteiger partial charge on any atom is -0.304 e. The third-order valence-electron chi connectivity index (χ3n) is 6.68. The summed E-state index contributed by atoms with van der Waals surface area (Å²) in [5, 5.41) is 2.59. The van der Waals surface area contributed by atoms with Crippen LogP contribution in [0.2, 0.25) is 0 Å². The standard InChI is InChI=1S/C18H12NS.C18H14N.Ir/c1-12-6-9-16(19-11-12)13-7-8-15-14-4-2-3-5-17(14)20-18(15)10-13;1-14-12-18(16-10-6-3-7-11-16)19-13-17(14)15-8-4-2-5-9-15;/h2-6,8-11H,1H3;2-10,12-13H,1H3;/q2*-1;. The molecule has 0 spiro atoms. The molecule has 0 aliphatic rings. The first-order valence-corrected chi connectivity index (χ1v) is 13.7. The van der Waals surface area contributed by atoms with Gasteiger partial charge >= 0.3 is 0 Å². The second-order valence-corrected chi connectivity index (χ2v) is 10.6. The van der Waals surface area contributed by atoms with Crippen LogP contribution in [-0.2, 0) is 20.1 Å². The fourth-order valence-corrected chi connectivity index (χ4v) is 5.74. The number of aryl methyl sites for hydroxylation is 2. The number of hydrogen-bond acceptors (Lipinski definition) is 3. The Labute approximate surface area is 252 Å². The van der Waals surface area contributed by atoms with Gasteiger partial charge in [-0.05, 0) is 58.1 Å². The largest absolute Gasteiger partial charge is 0.304 e. The van der Waals surface area contributed by atoms with Gasteiger partial charge in [-0.1, -0.05) is 72.1 Å². The molecule has 0 amide bonds. The summed E-state index contributed by atoms with van der Waals surface area (Å²) in [7, 11) is 0. The number of nitrogens with zero attached hydrogens (tertiary/aromatic N) is 2. The second kappa shape index (κ2) is 12.5. The van der Waals surface area contributed by atoms with Gasteiger partial charge in [0.2, 0.25) is 0 Å². The van der Waals surface area contributed by atoms with Crippen molar-refractivity contribution in [3.05, 3.63) is 145 Å². The van der Waals surface area contributed by atoms with Crippen LogP contribution in [0.1, 0.15) is 11.1 Å². The third-order valence-corrected chi connectivity index (χ3v) is 7.81. The molecule has 0 aliphatic heterocycles. The van der Waals surface area contributed by atoms with E-state index in [1.165, 1.54) is 42.4 Å². The molecule has 0 atom stereocenters. The van der Waals surface area contributed by atoms with Crippen molar-refractivity contribution in [3.63, 3.8) is 0 Å². The molecule has 7 aromatic rings. The van der Waals surface area contributed by atoms with E-state index in [-0.39, 0.29) is 20.1 Å². The minimum atomic E-state index is 0. The molecule has 1 radical (unpaired) electrons. The van der Waals surface area contributed by atoms with Crippen LogP contribution in [0, 0.1) is 26.0 Å². The molecule has 0 N–H and O–H groups in total. The van der Waals surface area contributed by atoms with Crippen molar-refractivity contribution in [1.82, 2.24) is 9.97 Å². The molecule has 197 valence electrons. The molecule has 0 saturated carbocycles. The van der Waals surface area contributed by atoms with Gasteiger partial charge < -0.3 is 9.97 Å². The van der Waals surface area contributed by atoms with Crippen LogP contribution in [0.4, 0.5) is 0 Å². The summed E-state index contributed by atoms with van der Waals surface area (Å²) in [6.07, 6.45) is 3.85. The van der Waals surface area contributed by atoms with Gasteiger partial charge in [-0.25, -0.2) is 0 Å². The first-order valence-electron chi connectivity index (χ1n) is 12.9. The van der Waals surface area contributed by atoms with Crippen molar-refractivity contribution in [1.29, 1.82) is 0 Å². The van der Waals surface area contributed by atoms with E-state index in [2.05, 4.69) is 103 Å². The van der Waals surface area contributed by atoms with Crippen molar-refractivity contribution >= 4 is 31.5 Å². The maximum Gasteiger partial charge on any atom is 0.0246 e. The molecule has 3 heterocycles. The van der Waals surface area contributed by atoms with Crippen LogP contribution in [0.25, 0.3) is 53.8 Å². The minimum absolute atomic E-state index is 0. The van der Waals surface area contributed by atoms with Crippen LogP contribution in [-0.4, -0.2) is 9.97 Å². The van der Waals surface area contributed by atoms with Crippen LogP contribution in [0.5, 0.6) is 0 Å². The Hall–Kier alpha value is -3.95. The SMILES string of the molecule is Cc1cc(-c2[c-]cccc2)ncc1-c1ccccc1.Cc1ccc(-c2[c-]cc3c(c2)sc2ccccc23)nc1.[Ir]. The second-order valence-electron chi connectivity index (χ2n) is 9.47. The number of fused-ring (bicyclic) bond motifs is 3. The van der Waals surface area contributed by atoms with Crippen molar-refractivity contribution in [2.24, 2.45) is 0 Å². The molecule has 0 aliphatic carbocycles. The van der Waals surface area contributed by atoms with Crippen LogP contribution >= 0.6 is 11.3 Å². The first-order chi connectivity index (χ1) is 19.2. The third kappa shape index (κ3) is 5.95. The van der Waals surface area contributed by atoms with Crippen molar-refractivity contribution < 1.29 is 20.1 Å². The van der Waals surface area contributed by atoms with Gasteiger partial charge in [0.1, 0.15) is 0 Å². The summed E-state index contributed by atoms with van der Waals surface area (Å²) in [5.74, 6) is 0. The molecular weight excluding hydrogens is 685 g/mol. The number of hydrogen-bond donors (Lipinski definition) is 0. The molecule has 40 heavy (non-hydrogen) atoms.